The van der Waals surface area contributed by atoms with Crippen LogP contribution in [0.25, 0.3) is 0 Å². The number of amides is 1. The minimum absolute atomic E-state index is 0.0693. The van der Waals surface area contributed by atoms with E-state index in [0.29, 0.717) is 16.1 Å². The molecule has 1 heterocycles. The van der Waals surface area contributed by atoms with Gasteiger partial charge in [-0.25, -0.2) is 0 Å². The molecular weight excluding hydrogens is 224 g/mol. The molecule has 1 amide bonds. The summed E-state index contributed by atoms with van der Waals surface area (Å²) in [6.07, 6.45) is 0. The van der Waals surface area contributed by atoms with E-state index in [9.17, 15) is 4.79 Å². The van der Waals surface area contributed by atoms with Crippen LogP contribution in [0.5, 0.6) is 0 Å². The summed E-state index contributed by atoms with van der Waals surface area (Å²) in [7, 11) is 3.56. The molecule has 1 unspecified atom stereocenters. The van der Waals surface area contributed by atoms with E-state index in [-0.39, 0.29) is 11.9 Å². The molecule has 1 aromatic rings. The molecule has 0 radical (unpaired) electrons. The van der Waals surface area contributed by atoms with Crippen molar-refractivity contribution in [3.05, 3.63) is 5.01 Å². The highest BCUT2D eigenvalue weighted by Gasteiger charge is 2.22. The molecule has 90 valence electrons. The first kappa shape index (κ1) is 12.9. The molecule has 1 rings (SSSR count). The van der Waals surface area contributed by atoms with Crippen molar-refractivity contribution in [1.29, 1.82) is 0 Å². The summed E-state index contributed by atoms with van der Waals surface area (Å²) in [6.45, 7) is 6.21. The monoisotopic (exact) mass is 242 g/mol. The van der Waals surface area contributed by atoms with Crippen molar-refractivity contribution in [3.63, 3.8) is 0 Å². The molecular formula is C10H18N4OS. The number of hydrogen-bond donors (Lipinski definition) is 1. The second kappa shape index (κ2) is 5.25. The van der Waals surface area contributed by atoms with Crippen molar-refractivity contribution in [2.24, 2.45) is 5.92 Å². The lowest BCUT2D eigenvalue weighted by molar-refractivity contribution is 0.0706. The second-order valence-electron chi connectivity index (χ2n) is 4.06. The third-order valence-electron chi connectivity index (χ3n) is 2.72. The minimum Gasteiger partial charge on any atom is -0.363 e. The number of nitrogens with one attached hydrogen (secondary N) is 1. The van der Waals surface area contributed by atoms with E-state index in [0.717, 1.165) is 0 Å². The van der Waals surface area contributed by atoms with E-state index in [1.807, 2.05) is 6.92 Å². The quantitative estimate of drug-likeness (QED) is 0.873. The molecule has 0 bridgehead atoms. The number of rotatable bonds is 4. The smallest absolute Gasteiger partial charge is 0.284 e. The van der Waals surface area contributed by atoms with Crippen molar-refractivity contribution >= 4 is 22.4 Å². The fourth-order valence-electron chi connectivity index (χ4n) is 1.19. The highest BCUT2D eigenvalue weighted by atomic mass is 32.1. The summed E-state index contributed by atoms with van der Waals surface area (Å²) in [5.74, 6) is 0.353. The standard InChI is InChI=1S/C10H18N4OS/c1-6(2)7(3)14(5)9(15)8-12-13-10(11-4)16-8/h6-7H,1-5H3,(H,11,13). The van der Waals surface area contributed by atoms with Crippen molar-refractivity contribution < 1.29 is 4.79 Å². The number of carbonyl (C=O) groups excluding carboxylic acids is 1. The first-order chi connectivity index (χ1) is 7.47. The number of anilines is 1. The van der Waals surface area contributed by atoms with Crippen LogP contribution in [0.3, 0.4) is 0 Å². The van der Waals surface area contributed by atoms with Crippen LogP contribution in [0.15, 0.2) is 0 Å². The number of aromatic nitrogens is 2. The predicted octanol–water partition coefficient (Wildman–Crippen LogP) is 1.70. The second-order valence-corrected chi connectivity index (χ2v) is 5.04. The summed E-state index contributed by atoms with van der Waals surface area (Å²) < 4.78 is 0. The Labute approximate surface area is 99.9 Å². The van der Waals surface area contributed by atoms with E-state index in [1.54, 1.807) is 19.0 Å². The van der Waals surface area contributed by atoms with E-state index in [2.05, 4.69) is 29.4 Å². The van der Waals surface area contributed by atoms with Gasteiger partial charge in [0.2, 0.25) is 10.1 Å². The molecule has 0 aromatic carbocycles. The summed E-state index contributed by atoms with van der Waals surface area (Å²) >= 11 is 1.27. The molecule has 0 spiro atoms. The molecule has 16 heavy (non-hydrogen) atoms. The molecule has 6 heteroatoms. The first-order valence-corrected chi connectivity index (χ1v) is 6.07. The van der Waals surface area contributed by atoms with Gasteiger partial charge in [0.05, 0.1) is 0 Å². The minimum atomic E-state index is -0.0693. The Morgan fingerprint density at radius 2 is 2.00 bits per heavy atom. The van der Waals surface area contributed by atoms with Crippen LogP contribution in [-0.2, 0) is 0 Å². The van der Waals surface area contributed by atoms with Gasteiger partial charge in [-0.05, 0) is 12.8 Å². The highest BCUT2D eigenvalue weighted by Crippen LogP contribution is 2.18. The van der Waals surface area contributed by atoms with Crippen molar-refractivity contribution in [2.75, 3.05) is 19.4 Å². The van der Waals surface area contributed by atoms with E-state index < -0.39 is 0 Å². The molecule has 5 nitrogen and oxygen atoms in total. The Bertz CT molecular complexity index is 363. The maximum absolute atomic E-state index is 12.0. The molecule has 0 saturated heterocycles. The lowest BCUT2D eigenvalue weighted by Gasteiger charge is -2.26. The van der Waals surface area contributed by atoms with Gasteiger partial charge >= 0.3 is 0 Å². The van der Waals surface area contributed by atoms with Gasteiger partial charge in [-0.15, -0.1) is 10.2 Å². The average molecular weight is 242 g/mol. The van der Waals surface area contributed by atoms with Crippen LogP contribution in [0.4, 0.5) is 5.13 Å². The van der Waals surface area contributed by atoms with Crippen molar-refractivity contribution in [3.8, 4) is 0 Å². The first-order valence-electron chi connectivity index (χ1n) is 5.25. The van der Waals surface area contributed by atoms with Crippen LogP contribution < -0.4 is 5.32 Å². The van der Waals surface area contributed by atoms with E-state index >= 15 is 0 Å². The average Bonchev–Trinajstić information content (AvgIpc) is 2.74. The molecule has 0 aliphatic heterocycles. The molecule has 0 aliphatic rings. The van der Waals surface area contributed by atoms with Gasteiger partial charge < -0.3 is 10.2 Å². The Kier molecular flexibility index (Phi) is 4.23. The lowest BCUT2D eigenvalue weighted by Crippen LogP contribution is -2.38. The zero-order valence-electron chi connectivity index (χ0n) is 10.3. The van der Waals surface area contributed by atoms with Crippen molar-refractivity contribution in [2.45, 2.75) is 26.8 Å². The van der Waals surface area contributed by atoms with E-state index in [4.69, 9.17) is 0 Å². The van der Waals surface area contributed by atoms with Crippen LogP contribution in [-0.4, -0.2) is 41.1 Å². The maximum atomic E-state index is 12.0. The molecule has 1 aromatic heterocycles. The fourth-order valence-corrected chi connectivity index (χ4v) is 1.87. The Morgan fingerprint density at radius 3 is 2.44 bits per heavy atom. The fraction of sp³-hybridized carbons (Fsp3) is 0.700. The Balaban J connectivity index is 2.77. The van der Waals surface area contributed by atoms with Gasteiger partial charge in [0, 0.05) is 20.1 Å². The maximum Gasteiger partial charge on any atom is 0.284 e. The molecule has 1 N–H and O–H groups in total. The topological polar surface area (TPSA) is 58.1 Å². The predicted molar refractivity (Wildman–Crippen MR) is 65.8 cm³/mol. The van der Waals surface area contributed by atoms with Crippen molar-refractivity contribution in [1.82, 2.24) is 15.1 Å². The summed E-state index contributed by atoms with van der Waals surface area (Å²) in [6, 6.07) is 0.189. The van der Waals surface area contributed by atoms with Gasteiger partial charge in [0.25, 0.3) is 5.91 Å². The molecule has 0 saturated carbocycles. The van der Waals surface area contributed by atoms with Crippen LogP contribution >= 0.6 is 11.3 Å². The van der Waals surface area contributed by atoms with Gasteiger partial charge in [-0.2, -0.15) is 0 Å². The molecule has 0 aliphatic carbocycles. The van der Waals surface area contributed by atoms with Crippen LogP contribution in [0.1, 0.15) is 30.6 Å². The summed E-state index contributed by atoms with van der Waals surface area (Å²) in [4.78, 5) is 13.7. The summed E-state index contributed by atoms with van der Waals surface area (Å²) in [5.41, 5.74) is 0. The van der Waals surface area contributed by atoms with Crippen LogP contribution in [0, 0.1) is 5.92 Å². The third-order valence-corrected chi connectivity index (χ3v) is 3.65. The summed E-state index contributed by atoms with van der Waals surface area (Å²) in [5, 5.41) is 11.7. The SMILES string of the molecule is CNc1nnc(C(=O)N(C)C(C)C(C)C)s1. The lowest BCUT2D eigenvalue weighted by atomic mass is 10.1. The van der Waals surface area contributed by atoms with Gasteiger partial charge in [0.1, 0.15) is 0 Å². The molecule has 0 fully saturated rings. The zero-order valence-corrected chi connectivity index (χ0v) is 11.1. The van der Waals surface area contributed by atoms with Crippen LogP contribution in [0.2, 0.25) is 0 Å². The number of nitrogens with zero attached hydrogens (tertiary/aromatic N) is 3. The third kappa shape index (κ3) is 2.69. The number of carbonyl (C=O) groups is 1. The largest absolute Gasteiger partial charge is 0.363 e. The zero-order chi connectivity index (χ0) is 12.3. The van der Waals surface area contributed by atoms with E-state index in [1.165, 1.54) is 11.3 Å². The normalized spacial score (nSPS) is 12.6. The highest BCUT2D eigenvalue weighted by molar-refractivity contribution is 7.17. The Morgan fingerprint density at radius 1 is 1.38 bits per heavy atom. The Hall–Kier alpha value is -1.17. The number of hydrogen-bond acceptors (Lipinski definition) is 5. The van der Waals surface area contributed by atoms with Gasteiger partial charge in [-0.3, -0.25) is 4.79 Å². The van der Waals surface area contributed by atoms with Gasteiger partial charge in [-0.1, -0.05) is 25.2 Å². The van der Waals surface area contributed by atoms with Gasteiger partial charge in [0.15, 0.2) is 0 Å². The molecule has 1 atom stereocenters.